The zero-order chi connectivity index (χ0) is 22.5. The number of nitrogens with zero attached hydrogens (tertiary/aromatic N) is 3. The smallest absolute Gasteiger partial charge is 0.254 e. The van der Waals surface area contributed by atoms with Crippen molar-refractivity contribution >= 4 is 22.9 Å². The first-order chi connectivity index (χ1) is 16.3. The number of piperidine rings is 1. The summed E-state index contributed by atoms with van der Waals surface area (Å²) in [5.74, 6) is 0.102. The van der Waals surface area contributed by atoms with E-state index in [1.165, 1.54) is 16.1 Å². The van der Waals surface area contributed by atoms with Gasteiger partial charge >= 0.3 is 0 Å². The fraction of sp³-hybridized carbons (Fsp3) is 0.385. The van der Waals surface area contributed by atoms with Crippen LogP contribution in [0.1, 0.15) is 28.1 Å². The Balaban J connectivity index is 1.12. The summed E-state index contributed by atoms with van der Waals surface area (Å²) in [6, 6.07) is 19.0. The molecule has 0 aliphatic carbocycles. The van der Waals surface area contributed by atoms with Gasteiger partial charge in [0, 0.05) is 60.5 Å². The second kappa shape index (κ2) is 10.5. The van der Waals surface area contributed by atoms with E-state index in [0.29, 0.717) is 32.3 Å². The van der Waals surface area contributed by atoms with Gasteiger partial charge in [-0.05, 0) is 37.1 Å². The summed E-state index contributed by atoms with van der Waals surface area (Å²) in [6.07, 6.45) is 2.21. The molecule has 5 rings (SSSR count). The van der Waals surface area contributed by atoms with E-state index in [4.69, 9.17) is 4.74 Å². The molecule has 0 atom stereocenters. The standard InChI is InChI=1S/C26H30N4O2S/c31-26(30-14-16-32-17-15-30)21-6-8-23(9-7-21)29-12-10-22(11-13-29)27-18-24-25(28-19-33-24)20-4-2-1-3-5-20/h1-9,19,22,27H,10-18H2. The number of ether oxygens (including phenoxy) is 1. The van der Waals surface area contributed by atoms with E-state index in [9.17, 15) is 4.79 Å². The molecule has 2 aliphatic heterocycles. The van der Waals surface area contributed by atoms with E-state index in [1.807, 2.05) is 28.6 Å². The molecule has 0 saturated carbocycles. The highest BCUT2D eigenvalue weighted by Crippen LogP contribution is 2.26. The Kier molecular flexibility index (Phi) is 7.00. The lowest BCUT2D eigenvalue weighted by molar-refractivity contribution is 0.0303. The minimum Gasteiger partial charge on any atom is -0.378 e. The maximum atomic E-state index is 12.7. The number of carbonyl (C=O) groups excluding carboxylic acids is 1. The topological polar surface area (TPSA) is 57.7 Å². The molecule has 1 N–H and O–H groups in total. The predicted molar refractivity (Wildman–Crippen MR) is 133 cm³/mol. The summed E-state index contributed by atoms with van der Waals surface area (Å²) in [6.45, 7) is 5.50. The number of aromatic nitrogens is 1. The first kappa shape index (κ1) is 22.1. The highest BCUT2D eigenvalue weighted by Gasteiger charge is 2.22. The Morgan fingerprint density at radius 1 is 1.00 bits per heavy atom. The monoisotopic (exact) mass is 462 g/mol. The number of carbonyl (C=O) groups is 1. The molecule has 6 nitrogen and oxygen atoms in total. The normalized spacial score (nSPS) is 17.3. The minimum absolute atomic E-state index is 0.102. The summed E-state index contributed by atoms with van der Waals surface area (Å²) >= 11 is 1.72. The summed E-state index contributed by atoms with van der Waals surface area (Å²) in [5.41, 5.74) is 6.17. The van der Waals surface area contributed by atoms with Gasteiger partial charge in [0.05, 0.1) is 24.4 Å². The number of anilines is 1. The van der Waals surface area contributed by atoms with Gasteiger partial charge in [-0.25, -0.2) is 4.98 Å². The van der Waals surface area contributed by atoms with Crippen molar-refractivity contribution in [3.63, 3.8) is 0 Å². The second-order valence-electron chi connectivity index (χ2n) is 8.58. The molecule has 2 saturated heterocycles. The molecule has 2 fully saturated rings. The molecule has 3 heterocycles. The van der Waals surface area contributed by atoms with Gasteiger partial charge in [-0.1, -0.05) is 30.3 Å². The first-order valence-electron chi connectivity index (χ1n) is 11.7. The fourth-order valence-electron chi connectivity index (χ4n) is 4.57. The molecule has 1 aromatic heterocycles. The molecule has 1 amide bonds. The summed E-state index contributed by atoms with van der Waals surface area (Å²) in [4.78, 5) is 22.8. The van der Waals surface area contributed by atoms with E-state index in [-0.39, 0.29) is 5.91 Å². The number of hydrogen-bond donors (Lipinski definition) is 1. The van der Waals surface area contributed by atoms with Crippen LogP contribution < -0.4 is 10.2 Å². The third kappa shape index (κ3) is 5.27. The van der Waals surface area contributed by atoms with E-state index < -0.39 is 0 Å². The van der Waals surface area contributed by atoms with Crippen LogP contribution in [0.5, 0.6) is 0 Å². The van der Waals surface area contributed by atoms with Gasteiger partial charge in [-0.3, -0.25) is 4.79 Å². The van der Waals surface area contributed by atoms with Crippen LogP contribution >= 0.6 is 11.3 Å². The van der Waals surface area contributed by atoms with Crippen molar-refractivity contribution in [2.75, 3.05) is 44.3 Å². The van der Waals surface area contributed by atoms with E-state index >= 15 is 0 Å². The molecule has 0 unspecified atom stereocenters. The van der Waals surface area contributed by atoms with Gasteiger partial charge in [0.15, 0.2) is 0 Å². The Hall–Kier alpha value is -2.74. The summed E-state index contributed by atoms with van der Waals surface area (Å²) in [7, 11) is 0. The maximum Gasteiger partial charge on any atom is 0.254 e. The lowest BCUT2D eigenvalue weighted by Gasteiger charge is -2.34. The van der Waals surface area contributed by atoms with Crippen LogP contribution in [0.3, 0.4) is 0 Å². The molecule has 172 valence electrons. The summed E-state index contributed by atoms with van der Waals surface area (Å²) in [5, 5.41) is 3.75. The number of nitrogens with one attached hydrogen (secondary N) is 1. The van der Waals surface area contributed by atoms with Crippen molar-refractivity contribution in [3.05, 3.63) is 70.5 Å². The molecule has 0 spiro atoms. The van der Waals surface area contributed by atoms with Crippen LogP contribution in [0.25, 0.3) is 11.3 Å². The molecule has 33 heavy (non-hydrogen) atoms. The van der Waals surface area contributed by atoms with Crippen LogP contribution in [-0.4, -0.2) is 61.2 Å². The van der Waals surface area contributed by atoms with Gasteiger partial charge in [0.1, 0.15) is 0 Å². The second-order valence-corrected chi connectivity index (χ2v) is 9.52. The molecular weight excluding hydrogens is 432 g/mol. The fourth-order valence-corrected chi connectivity index (χ4v) is 5.30. The number of thiazole rings is 1. The van der Waals surface area contributed by atoms with Gasteiger partial charge in [0.2, 0.25) is 0 Å². The van der Waals surface area contributed by atoms with Crippen LogP contribution in [0, 0.1) is 0 Å². The van der Waals surface area contributed by atoms with Crippen LogP contribution in [0.15, 0.2) is 60.1 Å². The highest BCUT2D eigenvalue weighted by molar-refractivity contribution is 7.10. The van der Waals surface area contributed by atoms with Crippen LogP contribution in [0.2, 0.25) is 0 Å². The first-order valence-corrected chi connectivity index (χ1v) is 12.6. The lowest BCUT2D eigenvalue weighted by atomic mass is 10.0. The molecule has 0 bridgehead atoms. The van der Waals surface area contributed by atoms with Gasteiger partial charge in [-0.2, -0.15) is 0 Å². The van der Waals surface area contributed by atoms with Gasteiger partial charge in [0.25, 0.3) is 5.91 Å². The Labute approximate surface area is 199 Å². The Morgan fingerprint density at radius 3 is 2.45 bits per heavy atom. The van der Waals surface area contributed by atoms with Crippen molar-refractivity contribution in [1.82, 2.24) is 15.2 Å². The van der Waals surface area contributed by atoms with E-state index in [2.05, 4.69) is 51.6 Å². The molecule has 3 aromatic rings. The predicted octanol–water partition coefficient (Wildman–Crippen LogP) is 4.04. The highest BCUT2D eigenvalue weighted by atomic mass is 32.1. The van der Waals surface area contributed by atoms with E-state index in [0.717, 1.165) is 43.7 Å². The lowest BCUT2D eigenvalue weighted by Crippen LogP contribution is -2.42. The van der Waals surface area contributed by atoms with E-state index in [1.54, 1.807) is 11.3 Å². The quantitative estimate of drug-likeness (QED) is 0.599. The number of morpholine rings is 1. The molecule has 7 heteroatoms. The number of rotatable bonds is 6. The number of amides is 1. The zero-order valence-corrected chi connectivity index (χ0v) is 19.6. The Morgan fingerprint density at radius 2 is 1.73 bits per heavy atom. The van der Waals surface area contributed by atoms with Crippen molar-refractivity contribution < 1.29 is 9.53 Å². The van der Waals surface area contributed by atoms with Crippen molar-refractivity contribution in [1.29, 1.82) is 0 Å². The largest absolute Gasteiger partial charge is 0.378 e. The minimum atomic E-state index is 0.102. The van der Waals surface area contributed by atoms with Crippen molar-refractivity contribution in [3.8, 4) is 11.3 Å². The molecule has 2 aromatic carbocycles. The third-order valence-corrected chi connectivity index (χ3v) is 7.35. The van der Waals surface area contributed by atoms with Crippen molar-refractivity contribution in [2.24, 2.45) is 0 Å². The zero-order valence-electron chi connectivity index (χ0n) is 18.8. The number of hydrogen-bond acceptors (Lipinski definition) is 6. The maximum absolute atomic E-state index is 12.7. The average Bonchev–Trinajstić information content (AvgIpc) is 3.37. The van der Waals surface area contributed by atoms with Gasteiger partial charge < -0.3 is 19.9 Å². The SMILES string of the molecule is O=C(c1ccc(N2CCC(NCc3scnc3-c3ccccc3)CC2)cc1)N1CCOCC1. The van der Waals surface area contributed by atoms with Crippen LogP contribution in [-0.2, 0) is 11.3 Å². The Bertz CT molecular complexity index is 1040. The van der Waals surface area contributed by atoms with Crippen LogP contribution in [0.4, 0.5) is 5.69 Å². The number of benzene rings is 2. The molecule has 0 radical (unpaired) electrons. The third-order valence-electron chi connectivity index (χ3n) is 6.51. The molecule has 2 aliphatic rings. The summed E-state index contributed by atoms with van der Waals surface area (Å²) < 4.78 is 5.35. The average molecular weight is 463 g/mol. The van der Waals surface area contributed by atoms with Gasteiger partial charge in [-0.15, -0.1) is 11.3 Å². The molecular formula is C26H30N4O2S. The van der Waals surface area contributed by atoms with Crippen molar-refractivity contribution in [2.45, 2.75) is 25.4 Å².